The third kappa shape index (κ3) is 3.74. The third-order valence-electron chi connectivity index (χ3n) is 3.68. The molecule has 1 fully saturated rings. The van der Waals surface area contributed by atoms with Gasteiger partial charge >= 0.3 is 0 Å². The van der Waals surface area contributed by atoms with E-state index in [2.05, 4.69) is 15.0 Å². The van der Waals surface area contributed by atoms with Gasteiger partial charge < -0.3 is 14.4 Å². The summed E-state index contributed by atoms with van der Waals surface area (Å²) in [5.41, 5.74) is 0.914. The summed E-state index contributed by atoms with van der Waals surface area (Å²) < 4.78 is 10.9. The van der Waals surface area contributed by atoms with Crippen molar-refractivity contribution in [3.05, 3.63) is 42.5 Å². The third-order valence-corrected chi connectivity index (χ3v) is 3.68. The van der Waals surface area contributed by atoms with Crippen LogP contribution in [0.2, 0.25) is 0 Å². The van der Waals surface area contributed by atoms with Crippen LogP contribution in [-0.4, -0.2) is 52.1 Å². The van der Waals surface area contributed by atoms with E-state index in [-0.39, 0.29) is 12.0 Å². The molecule has 3 heterocycles. The van der Waals surface area contributed by atoms with Crippen molar-refractivity contribution in [2.45, 2.75) is 18.9 Å². The number of likely N-dealkylation sites (tertiary alicyclic amines) is 1. The number of aromatic nitrogens is 3. The number of methoxy groups -OCH3 is 1. The summed E-state index contributed by atoms with van der Waals surface area (Å²) in [5, 5.41) is 0. The molecule has 7 heteroatoms. The minimum absolute atomic E-state index is 0.0789. The number of nitrogens with zero attached hydrogens (tertiary/aromatic N) is 4. The molecule has 0 bridgehead atoms. The van der Waals surface area contributed by atoms with Crippen LogP contribution in [0, 0.1) is 0 Å². The molecule has 1 aliphatic rings. The lowest BCUT2D eigenvalue weighted by Crippen LogP contribution is -2.32. The predicted octanol–water partition coefficient (Wildman–Crippen LogP) is 1.10. The summed E-state index contributed by atoms with van der Waals surface area (Å²) >= 11 is 0. The monoisotopic (exact) mass is 314 g/mol. The average molecular weight is 314 g/mol. The summed E-state index contributed by atoms with van der Waals surface area (Å²) in [6.45, 7) is 1.21. The lowest BCUT2D eigenvalue weighted by molar-refractivity contribution is -0.129. The van der Waals surface area contributed by atoms with Crippen molar-refractivity contribution in [3.63, 3.8) is 0 Å². The number of carbonyl (C=O) groups is 1. The highest BCUT2D eigenvalue weighted by molar-refractivity contribution is 5.79. The van der Waals surface area contributed by atoms with Crippen molar-refractivity contribution in [2.24, 2.45) is 0 Å². The molecular formula is C16H18N4O3. The molecule has 0 spiro atoms. The van der Waals surface area contributed by atoms with Crippen LogP contribution >= 0.6 is 0 Å². The Balaban J connectivity index is 1.57. The van der Waals surface area contributed by atoms with Crippen LogP contribution in [0.25, 0.3) is 0 Å². The molecule has 120 valence electrons. The fourth-order valence-corrected chi connectivity index (χ4v) is 2.53. The molecule has 0 aromatic carbocycles. The van der Waals surface area contributed by atoms with Crippen LogP contribution in [0.1, 0.15) is 12.0 Å². The molecule has 3 rings (SSSR count). The van der Waals surface area contributed by atoms with Gasteiger partial charge in [-0.1, -0.05) is 6.07 Å². The fraction of sp³-hybridized carbons (Fsp3) is 0.375. The first-order chi connectivity index (χ1) is 11.3. The molecule has 0 radical (unpaired) electrons. The molecule has 1 aliphatic heterocycles. The van der Waals surface area contributed by atoms with Crippen LogP contribution < -0.4 is 9.47 Å². The zero-order valence-electron chi connectivity index (χ0n) is 12.9. The van der Waals surface area contributed by atoms with E-state index in [1.54, 1.807) is 29.7 Å². The van der Waals surface area contributed by atoms with Crippen molar-refractivity contribution in [1.29, 1.82) is 0 Å². The van der Waals surface area contributed by atoms with Gasteiger partial charge in [-0.2, -0.15) is 0 Å². The second-order valence-corrected chi connectivity index (χ2v) is 5.28. The van der Waals surface area contributed by atoms with Crippen molar-refractivity contribution < 1.29 is 14.3 Å². The maximum absolute atomic E-state index is 12.3. The van der Waals surface area contributed by atoms with E-state index in [1.807, 2.05) is 12.1 Å². The molecule has 0 N–H and O–H groups in total. The second kappa shape index (κ2) is 7.04. The van der Waals surface area contributed by atoms with Crippen molar-refractivity contribution in [2.75, 3.05) is 20.2 Å². The Bertz CT molecular complexity index is 665. The van der Waals surface area contributed by atoms with Crippen LogP contribution in [0.3, 0.4) is 0 Å². The zero-order valence-corrected chi connectivity index (χ0v) is 12.9. The largest absolute Gasteiger partial charge is 0.477 e. The predicted molar refractivity (Wildman–Crippen MR) is 82.1 cm³/mol. The van der Waals surface area contributed by atoms with Gasteiger partial charge in [-0.15, -0.1) is 0 Å². The Morgan fingerprint density at radius 3 is 2.87 bits per heavy atom. The van der Waals surface area contributed by atoms with Gasteiger partial charge in [0.05, 0.1) is 20.1 Å². The summed E-state index contributed by atoms with van der Waals surface area (Å²) in [6.07, 6.45) is 7.53. The quantitative estimate of drug-likeness (QED) is 0.822. The van der Waals surface area contributed by atoms with E-state index in [1.165, 1.54) is 7.11 Å². The number of hydrogen-bond acceptors (Lipinski definition) is 6. The van der Waals surface area contributed by atoms with Crippen molar-refractivity contribution >= 4 is 5.91 Å². The molecule has 0 aliphatic carbocycles. The average Bonchev–Trinajstić information content (AvgIpc) is 3.05. The summed E-state index contributed by atoms with van der Waals surface area (Å²) in [7, 11) is 1.52. The maximum Gasteiger partial charge on any atom is 0.278 e. The van der Waals surface area contributed by atoms with Gasteiger partial charge in [0, 0.05) is 37.8 Å². The molecule has 7 nitrogen and oxygen atoms in total. The van der Waals surface area contributed by atoms with Gasteiger partial charge in [0.1, 0.15) is 6.10 Å². The summed E-state index contributed by atoms with van der Waals surface area (Å²) in [4.78, 5) is 26.3. The molecule has 23 heavy (non-hydrogen) atoms. The van der Waals surface area contributed by atoms with Crippen molar-refractivity contribution in [3.8, 4) is 11.8 Å². The minimum Gasteiger partial charge on any atom is -0.477 e. The lowest BCUT2D eigenvalue weighted by Gasteiger charge is -2.17. The highest BCUT2D eigenvalue weighted by atomic mass is 16.5. The number of amides is 1. The summed E-state index contributed by atoms with van der Waals surface area (Å²) in [5.74, 6) is 0.796. The molecule has 0 saturated carbocycles. The number of rotatable bonds is 5. The first-order valence-electron chi connectivity index (χ1n) is 7.44. The van der Waals surface area contributed by atoms with Gasteiger partial charge in [-0.05, 0) is 11.6 Å². The van der Waals surface area contributed by atoms with E-state index < -0.39 is 0 Å². The van der Waals surface area contributed by atoms with Crippen LogP contribution in [0.5, 0.6) is 11.8 Å². The number of hydrogen-bond donors (Lipinski definition) is 0. The van der Waals surface area contributed by atoms with Gasteiger partial charge in [-0.3, -0.25) is 9.78 Å². The van der Waals surface area contributed by atoms with Gasteiger partial charge in [0.15, 0.2) is 0 Å². The van der Waals surface area contributed by atoms with Gasteiger partial charge in [0.2, 0.25) is 5.91 Å². The Hall–Kier alpha value is -2.70. The highest BCUT2D eigenvalue weighted by Gasteiger charge is 2.28. The first kappa shape index (κ1) is 15.2. The molecular weight excluding hydrogens is 296 g/mol. The zero-order chi connectivity index (χ0) is 16.1. The topological polar surface area (TPSA) is 77.4 Å². The van der Waals surface area contributed by atoms with Crippen LogP contribution in [-0.2, 0) is 11.2 Å². The van der Waals surface area contributed by atoms with E-state index in [0.29, 0.717) is 31.3 Å². The number of ether oxygens (including phenoxy) is 2. The lowest BCUT2D eigenvalue weighted by atomic mass is 10.2. The Morgan fingerprint density at radius 1 is 1.30 bits per heavy atom. The molecule has 2 aromatic rings. The molecule has 2 aromatic heterocycles. The van der Waals surface area contributed by atoms with Crippen molar-refractivity contribution in [1.82, 2.24) is 19.9 Å². The molecule has 0 unspecified atom stereocenters. The van der Waals surface area contributed by atoms with E-state index >= 15 is 0 Å². The Morgan fingerprint density at radius 2 is 2.13 bits per heavy atom. The molecule has 1 saturated heterocycles. The normalized spacial score (nSPS) is 17.1. The standard InChI is InChI=1S/C16H18N4O3/c1-22-15-16(19-7-6-18-15)23-13-4-8-20(11-13)14(21)9-12-3-2-5-17-10-12/h2-3,5-7,10,13H,4,8-9,11H2,1H3/t13-/m1/s1. The van der Waals surface area contributed by atoms with E-state index in [0.717, 1.165) is 12.0 Å². The molecule has 1 amide bonds. The fourth-order valence-electron chi connectivity index (χ4n) is 2.53. The van der Waals surface area contributed by atoms with Crippen LogP contribution in [0.15, 0.2) is 36.9 Å². The Kier molecular flexibility index (Phi) is 4.65. The number of pyridine rings is 1. The smallest absolute Gasteiger partial charge is 0.278 e. The van der Waals surface area contributed by atoms with E-state index in [9.17, 15) is 4.79 Å². The highest BCUT2D eigenvalue weighted by Crippen LogP contribution is 2.24. The maximum atomic E-state index is 12.3. The van der Waals surface area contributed by atoms with Gasteiger partial charge in [0.25, 0.3) is 11.8 Å². The first-order valence-corrected chi connectivity index (χ1v) is 7.44. The number of carbonyl (C=O) groups excluding carboxylic acids is 1. The molecule has 1 atom stereocenters. The SMILES string of the molecule is COc1nccnc1O[C@@H]1CCN(C(=O)Cc2cccnc2)C1. The van der Waals surface area contributed by atoms with E-state index in [4.69, 9.17) is 9.47 Å². The van der Waals surface area contributed by atoms with Gasteiger partial charge in [-0.25, -0.2) is 9.97 Å². The second-order valence-electron chi connectivity index (χ2n) is 5.28. The van der Waals surface area contributed by atoms with Crippen LogP contribution in [0.4, 0.5) is 0 Å². The minimum atomic E-state index is -0.0987. The summed E-state index contributed by atoms with van der Waals surface area (Å²) in [6, 6.07) is 3.73. The Labute approximate surface area is 134 Å².